The van der Waals surface area contributed by atoms with Gasteiger partial charge in [0, 0.05) is 35.5 Å². The minimum Gasteiger partial charge on any atom is -0.474 e. The van der Waals surface area contributed by atoms with Crippen LogP contribution >= 0.6 is 11.6 Å². The Labute approximate surface area is 142 Å². The maximum Gasteiger partial charge on any atom is 0.237 e. The molecule has 0 spiro atoms. The zero-order valence-corrected chi connectivity index (χ0v) is 13.6. The number of nitrogen functional groups attached to an aromatic ring is 1. The molecule has 3 heterocycles. The minimum absolute atomic E-state index is 0.0244. The zero-order valence-electron chi connectivity index (χ0n) is 12.9. The standard InChI is InChI=1S/C17H14ClFN4O/c1-8-11(6-23-17-16(8)21-2-3-24-17)10-4-9-5-13(20)22-7-12(9)14(18)15(10)19/h4-7,21H,2-3H2,1H3,(H2,20,22). The highest BCUT2D eigenvalue weighted by atomic mass is 35.5. The Hall–Kier alpha value is -2.60. The third-order valence-corrected chi connectivity index (χ3v) is 4.53. The lowest BCUT2D eigenvalue weighted by Crippen LogP contribution is -2.20. The third kappa shape index (κ3) is 2.22. The molecule has 122 valence electrons. The van der Waals surface area contributed by atoms with Gasteiger partial charge in [-0.1, -0.05) is 11.6 Å². The second-order valence-electron chi connectivity index (χ2n) is 5.63. The van der Waals surface area contributed by atoms with Gasteiger partial charge in [0.15, 0.2) is 0 Å². The van der Waals surface area contributed by atoms with Crippen molar-refractivity contribution in [1.82, 2.24) is 9.97 Å². The molecule has 1 aliphatic rings. The molecule has 3 aromatic rings. The highest BCUT2D eigenvalue weighted by Gasteiger charge is 2.21. The summed E-state index contributed by atoms with van der Waals surface area (Å²) in [5, 5.41) is 4.53. The van der Waals surface area contributed by atoms with Crippen LogP contribution in [0.25, 0.3) is 21.9 Å². The average Bonchev–Trinajstić information content (AvgIpc) is 2.59. The van der Waals surface area contributed by atoms with Crippen LogP contribution in [0.3, 0.4) is 0 Å². The first-order valence-electron chi connectivity index (χ1n) is 7.46. The summed E-state index contributed by atoms with van der Waals surface area (Å²) in [5.41, 5.74) is 8.40. The van der Waals surface area contributed by atoms with Crippen LogP contribution in [-0.4, -0.2) is 23.1 Å². The molecule has 3 N–H and O–H groups in total. The molecule has 0 fully saturated rings. The van der Waals surface area contributed by atoms with Crippen LogP contribution in [0, 0.1) is 12.7 Å². The highest BCUT2D eigenvalue weighted by Crippen LogP contribution is 2.39. The molecule has 0 saturated heterocycles. The summed E-state index contributed by atoms with van der Waals surface area (Å²) in [5.74, 6) is 0.382. The Bertz CT molecular complexity index is 977. The van der Waals surface area contributed by atoms with Gasteiger partial charge in [-0.3, -0.25) is 0 Å². The van der Waals surface area contributed by atoms with E-state index in [0.717, 1.165) is 16.6 Å². The molecule has 24 heavy (non-hydrogen) atoms. The number of nitrogens with zero attached hydrogens (tertiary/aromatic N) is 2. The van der Waals surface area contributed by atoms with E-state index in [1.165, 1.54) is 6.20 Å². The Morgan fingerprint density at radius 1 is 1.25 bits per heavy atom. The lowest BCUT2D eigenvalue weighted by Gasteiger charge is -2.22. The third-order valence-electron chi connectivity index (χ3n) is 4.16. The van der Waals surface area contributed by atoms with Crippen LogP contribution in [-0.2, 0) is 0 Å². The largest absolute Gasteiger partial charge is 0.474 e. The lowest BCUT2D eigenvalue weighted by atomic mass is 9.98. The number of halogens is 2. The van der Waals surface area contributed by atoms with Crippen LogP contribution in [0.2, 0.25) is 5.02 Å². The molecule has 7 heteroatoms. The number of nitrogens with two attached hydrogens (primary N) is 1. The maximum atomic E-state index is 14.9. The van der Waals surface area contributed by atoms with E-state index in [0.29, 0.717) is 41.4 Å². The van der Waals surface area contributed by atoms with Crippen molar-refractivity contribution >= 4 is 33.9 Å². The first kappa shape index (κ1) is 15.0. The van der Waals surface area contributed by atoms with Gasteiger partial charge in [0.05, 0.1) is 5.02 Å². The van der Waals surface area contributed by atoms with Crippen molar-refractivity contribution in [3.63, 3.8) is 0 Å². The number of anilines is 2. The Balaban J connectivity index is 1.98. The number of hydrogen-bond donors (Lipinski definition) is 2. The van der Waals surface area contributed by atoms with Crippen molar-refractivity contribution < 1.29 is 9.13 Å². The fourth-order valence-electron chi connectivity index (χ4n) is 2.93. The van der Waals surface area contributed by atoms with Crippen LogP contribution in [0.1, 0.15) is 5.56 Å². The number of nitrogens with one attached hydrogen (secondary N) is 1. The van der Waals surface area contributed by atoms with E-state index < -0.39 is 5.82 Å². The van der Waals surface area contributed by atoms with Gasteiger partial charge in [-0.2, -0.15) is 0 Å². The number of pyridine rings is 2. The normalized spacial score (nSPS) is 13.3. The summed E-state index contributed by atoms with van der Waals surface area (Å²) in [6.07, 6.45) is 3.08. The van der Waals surface area contributed by atoms with Crippen LogP contribution in [0.15, 0.2) is 24.5 Å². The van der Waals surface area contributed by atoms with E-state index in [1.54, 1.807) is 18.3 Å². The predicted octanol–water partition coefficient (Wildman–Crippen LogP) is 3.78. The molecule has 0 saturated carbocycles. The van der Waals surface area contributed by atoms with Crippen LogP contribution in [0.4, 0.5) is 15.9 Å². The first-order valence-corrected chi connectivity index (χ1v) is 7.84. The van der Waals surface area contributed by atoms with E-state index in [4.69, 9.17) is 22.1 Å². The van der Waals surface area contributed by atoms with Gasteiger partial charge < -0.3 is 15.8 Å². The van der Waals surface area contributed by atoms with Gasteiger partial charge in [0.25, 0.3) is 0 Å². The van der Waals surface area contributed by atoms with E-state index in [9.17, 15) is 4.39 Å². The second kappa shape index (κ2) is 5.49. The number of rotatable bonds is 1. The van der Waals surface area contributed by atoms with Gasteiger partial charge in [-0.05, 0) is 30.0 Å². The number of benzene rings is 1. The number of ether oxygens (including phenoxy) is 1. The summed E-state index contributed by atoms with van der Waals surface area (Å²) in [4.78, 5) is 8.27. The molecule has 0 radical (unpaired) electrons. The van der Waals surface area contributed by atoms with E-state index in [2.05, 4.69) is 15.3 Å². The number of hydrogen-bond acceptors (Lipinski definition) is 5. The molecular formula is C17H14ClFN4O. The van der Waals surface area contributed by atoms with E-state index >= 15 is 0 Å². The zero-order chi connectivity index (χ0) is 16.8. The van der Waals surface area contributed by atoms with Crippen molar-refractivity contribution in [3.05, 3.63) is 40.9 Å². The molecule has 1 aromatic carbocycles. The Kier molecular flexibility index (Phi) is 3.42. The molecule has 1 aliphatic heterocycles. The Morgan fingerprint density at radius 2 is 2.08 bits per heavy atom. The average molecular weight is 345 g/mol. The van der Waals surface area contributed by atoms with E-state index in [1.807, 2.05) is 6.92 Å². The second-order valence-corrected chi connectivity index (χ2v) is 6.01. The molecule has 5 nitrogen and oxygen atoms in total. The van der Waals surface area contributed by atoms with Gasteiger partial charge in [-0.15, -0.1) is 0 Å². The fraction of sp³-hybridized carbons (Fsp3) is 0.176. The molecule has 0 amide bonds. The van der Waals surface area contributed by atoms with E-state index in [-0.39, 0.29) is 5.02 Å². The molecule has 0 atom stereocenters. The Morgan fingerprint density at radius 3 is 2.92 bits per heavy atom. The molecule has 0 aliphatic carbocycles. The van der Waals surface area contributed by atoms with Crippen molar-refractivity contribution in [2.24, 2.45) is 0 Å². The van der Waals surface area contributed by atoms with Crippen molar-refractivity contribution in [2.45, 2.75) is 6.92 Å². The summed E-state index contributed by atoms with van der Waals surface area (Å²) in [6, 6.07) is 3.39. The van der Waals surface area contributed by atoms with Crippen molar-refractivity contribution in [1.29, 1.82) is 0 Å². The van der Waals surface area contributed by atoms with Gasteiger partial charge >= 0.3 is 0 Å². The SMILES string of the molecule is Cc1c(-c2cc3cc(N)ncc3c(Cl)c2F)cnc2c1NCCO2. The van der Waals surface area contributed by atoms with Gasteiger partial charge in [0.2, 0.25) is 5.88 Å². The summed E-state index contributed by atoms with van der Waals surface area (Å²) in [7, 11) is 0. The van der Waals surface area contributed by atoms with Crippen molar-refractivity contribution in [3.8, 4) is 17.0 Å². The topological polar surface area (TPSA) is 73.1 Å². The van der Waals surface area contributed by atoms with Crippen LogP contribution in [0.5, 0.6) is 5.88 Å². The molecule has 0 bridgehead atoms. The summed E-state index contributed by atoms with van der Waals surface area (Å²) < 4.78 is 20.4. The van der Waals surface area contributed by atoms with Crippen molar-refractivity contribution in [2.75, 3.05) is 24.2 Å². The maximum absolute atomic E-state index is 14.9. The highest BCUT2D eigenvalue weighted by molar-refractivity contribution is 6.36. The lowest BCUT2D eigenvalue weighted by molar-refractivity contribution is 0.310. The summed E-state index contributed by atoms with van der Waals surface area (Å²) >= 11 is 6.21. The predicted molar refractivity (Wildman–Crippen MR) is 93.1 cm³/mol. The first-order chi connectivity index (χ1) is 11.6. The molecular weight excluding hydrogens is 331 g/mol. The number of fused-ring (bicyclic) bond motifs is 2. The fourth-order valence-corrected chi connectivity index (χ4v) is 3.19. The quantitative estimate of drug-likeness (QED) is 0.702. The van der Waals surface area contributed by atoms with Gasteiger partial charge in [0.1, 0.15) is 23.9 Å². The minimum atomic E-state index is -0.502. The van der Waals surface area contributed by atoms with Crippen LogP contribution < -0.4 is 15.8 Å². The monoisotopic (exact) mass is 344 g/mol. The molecule has 4 rings (SSSR count). The van der Waals surface area contributed by atoms with Gasteiger partial charge in [-0.25, -0.2) is 14.4 Å². The smallest absolute Gasteiger partial charge is 0.237 e. The molecule has 0 unspecified atom stereocenters. The number of aromatic nitrogens is 2. The summed E-state index contributed by atoms with van der Waals surface area (Å²) in [6.45, 7) is 3.14. The molecule has 2 aromatic heterocycles.